The molecular weight excluding hydrogens is 320 g/mol. The van der Waals surface area contributed by atoms with Crippen molar-refractivity contribution in [3.8, 4) is 16.3 Å². The van der Waals surface area contributed by atoms with E-state index in [1.165, 1.54) is 11.3 Å². The second-order valence-corrected chi connectivity index (χ2v) is 6.18. The van der Waals surface area contributed by atoms with Crippen molar-refractivity contribution in [3.63, 3.8) is 0 Å². The molecule has 0 aliphatic heterocycles. The van der Waals surface area contributed by atoms with E-state index in [4.69, 9.17) is 4.74 Å². The third-order valence-electron chi connectivity index (χ3n) is 3.40. The van der Waals surface area contributed by atoms with Crippen LogP contribution < -0.4 is 10.1 Å². The van der Waals surface area contributed by atoms with Crippen LogP contribution >= 0.6 is 11.3 Å². The highest BCUT2D eigenvalue weighted by Gasteiger charge is 2.11. The predicted molar refractivity (Wildman–Crippen MR) is 96.6 cm³/mol. The summed E-state index contributed by atoms with van der Waals surface area (Å²) in [5.74, 6) is 0.630. The first-order valence-corrected chi connectivity index (χ1v) is 8.59. The monoisotopic (exact) mass is 338 g/mol. The maximum atomic E-state index is 12.1. The Kier molecular flexibility index (Phi) is 5.23. The highest BCUT2D eigenvalue weighted by Crippen LogP contribution is 2.23. The fourth-order valence-electron chi connectivity index (χ4n) is 2.22. The molecule has 122 valence electrons. The molecule has 0 fully saturated rings. The summed E-state index contributed by atoms with van der Waals surface area (Å²) in [6.45, 7) is 2.87. The van der Waals surface area contributed by atoms with Gasteiger partial charge in [0.2, 0.25) is 0 Å². The van der Waals surface area contributed by atoms with E-state index in [1.807, 2.05) is 61.5 Å². The molecular formula is C19H18N2O2S. The second kappa shape index (κ2) is 7.75. The van der Waals surface area contributed by atoms with Crippen LogP contribution in [0.2, 0.25) is 0 Å². The maximum Gasteiger partial charge on any atom is 0.270 e. The van der Waals surface area contributed by atoms with E-state index in [0.29, 0.717) is 18.8 Å². The lowest BCUT2D eigenvalue weighted by molar-refractivity contribution is 0.0943. The zero-order valence-electron chi connectivity index (χ0n) is 13.4. The first-order chi connectivity index (χ1) is 11.7. The van der Waals surface area contributed by atoms with Gasteiger partial charge in [-0.25, -0.2) is 4.98 Å². The topological polar surface area (TPSA) is 51.2 Å². The highest BCUT2D eigenvalue weighted by molar-refractivity contribution is 7.13. The number of aryl methyl sites for hydroxylation is 1. The van der Waals surface area contributed by atoms with Crippen LogP contribution in [0.15, 0.2) is 60.0 Å². The highest BCUT2D eigenvalue weighted by atomic mass is 32.1. The van der Waals surface area contributed by atoms with E-state index in [1.54, 1.807) is 5.38 Å². The summed E-state index contributed by atoms with van der Waals surface area (Å²) in [5, 5.41) is 5.45. The van der Waals surface area contributed by atoms with Crippen LogP contribution in [-0.4, -0.2) is 24.0 Å². The first kappa shape index (κ1) is 16.2. The number of nitrogens with one attached hydrogen (secondary N) is 1. The van der Waals surface area contributed by atoms with Crippen LogP contribution in [0.3, 0.4) is 0 Å². The van der Waals surface area contributed by atoms with Crippen molar-refractivity contribution >= 4 is 17.2 Å². The van der Waals surface area contributed by atoms with Crippen molar-refractivity contribution in [1.82, 2.24) is 10.3 Å². The molecule has 0 atom stereocenters. The summed E-state index contributed by atoms with van der Waals surface area (Å²) in [6, 6.07) is 17.7. The molecule has 0 spiro atoms. The lowest BCUT2D eigenvalue weighted by Crippen LogP contribution is -2.28. The molecule has 3 aromatic rings. The number of thiazole rings is 1. The Hall–Kier alpha value is -2.66. The molecule has 1 N–H and O–H groups in total. The van der Waals surface area contributed by atoms with Gasteiger partial charge in [0, 0.05) is 10.9 Å². The van der Waals surface area contributed by atoms with Gasteiger partial charge in [0.15, 0.2) is 0 Å². The fraction of sp³-hybridized carbons (Fsp3) is 0.158. The molecule has 1 amide bonds. The van der Waals surface area contributed by atoms with Crippen LogP contribution in [0.5, 0.6) is 5.75 Å². The summed E-state index contributed by atoms with van der Waals surface area (Å²) in [5.41, 5.74) is 2.60. The minimum absolute atomic E-state index is 0.179. The predicted octanol–water partition coefficient (Wildman–Crippen LogP) is 3.93. The third kappa shape index (κ3) is 4.20. The fourth-order valence-corrected chi connectivity index (χ4v) is 3.03. The van der Waals surface area contributed by atoms with Crippen LogP contribution in [0.25, 0.3) is 10.6 Å². The van der Waals surface area contributed by atoms with Crippen molar-refractivity contribution in [2.45, 2.75) is 6.92 Å². The largest absolute Gasteiger partial charge is 0.492 e. The molecule has 4 nitrogen and oxygen atoms in total. The molecule has 3 rings (SSSR count). The molecule has 0 saturated heterocycles. The van der Waals surface area contributed by atoms with E-state index in [9.17, 15) is 4.79 Å². The minimum Gasteiger partial charge on any atom is -0.492 e. The molecule has 0 bridgehead atoms. The summed E-state index contributed by atoms with van der Waals surface area (Å²) < 4.78 is 5.62. The maximum absolute atomic E-state index is 12.1. The van der Waals surface area contributed by atoms with Gasteiger partial charge in [0.1, 0.15) is 23.1 Å². The summed E-state index contributed by atoms with van der Waals surface area (Å²) in [6.07, 6.45) is 0. The Balaban J connectivity index is 1.50. The first-order valence-electron chi connectivity index (χ1n) is 7.71. The molecule has 0 radical (unpaired) electrons. The summed E-state index contributed by atoms with van der Waals surface area (Å²) in [4.78, 5) is 16.5. The molecule has 0 unspecified atom stereocenters. The van der Waals surface area contributed by atoms with E-state index >= 15 is 0 Å². The molecule has 1 heterocycles. The lowest BCUT2D eigenvalue weighted by atomic mass is 10.2. The van der Waals surface area contributed by atoms with E-state index in [-0.39, 0.29) is 5.91 Å². The van der Waals surface area contributed by atoms with E-state index in [0.717, 1.165) is 21.9 Å². The molecule has 0 aliphatic carbocycles. The molecule has 24 heavy (non-hydrogen) atoms. The normalized spacial score (nSPS) is 10.4. The van der Waals surface area contributed by atoms with Crippen LogP contribution in [-0.2, 0) is 0 Å². The van der Waals surface area contributed by atoms with Gasteiger partial charge < -0.3 is 10.1 Å². The zero-order valence-corrected chi connectivity index (χ0v) is 14.2. The Morgan fingerprint density at radius 1 is 1.17 bits per heavy atom. The van der Waals surface area contributed by atoms with Crippen molar-refractivity contribution in [3.05, 3.63) is 71.2 Å². The number of rotatable bonds is 6. The summed E-state index contributed by atoms with van der Waals surface area (Å²) >= 11 is 1.47. The number of ether oxygens (including phenoxy) is 1. The molecule has 0 saturated carbocycles. The number of aromatic nitrogens is 1. The molecule has 2 aromatic carbocycles. The standard InChI is InChI=1S/C19H18N2O2S/c1-14-6-5-9-16(12-14)23-11-10-20-18(22)17-13-24-19(21-17)15-7-3-2-4-8-15/h2-9,12-13H,10-11H2,1H3,(H,20,22). The Morgan fingerprint density at radius 3 is 2.79 bits per heavy atom. The molecule has 5 heteroatoms. The quantitative estimate of drug-likeness (QED) is 0.693. The van der Waals surface area contributed by atoms with Crippen LogP contribution in [0.1, 0.15) is 16.1 Å². The molecule has 1 aromatic heterocycles. The zero-order chi connectivity index (χ0) is 16.8. The molecule has 0 aliphatic rings. The van der Waals surface area contributed by atoms with Crippen molar-refractivity contribution in [2.75, 3.05) is 13.2 Å². The van der Waals surface area contributed by atoms with Crippen molar-refractivity contribution in [1.29, 1.82) is 0 Å². The van der Waals surface area contributed by atoms with Gasteiger partial charge in [-0.1, -0.05) is 42.5 Å². The Morgan fingerprint density at radius 2 is 2.00 bits per heavy atom. The number of hydrogen-bond donors (Lipinski definition) is 1. The Labute approximate surface area is 145 Å². The SMILES string of the molecule is Cc1cccc(OCCNC(=O)c2csc(-c3ccccc3)n2)c1. The second-order valence-electron chi connectivity index (χ2n) is 5.32. The number of nitrogens with zero attached hydrogens (tertiary/aromatic N) is 1. The smallest absolute Gasteiger partial charge is 0.270 e. The van der Waals surface area contributed by atoms with Gasteiger partial charge in [-0.05, 0) is 24.6 Å². The lowest BCUT2D eigenvalue weighted by Gasteiger charge is -2.07. The Bertz CT molecular complexity index is 815. The van der Waals surface area contributed by atoms with E-state index in [2.05, 4.69) is 10.3 Å². The van der Waals surface area contributed by atoms with Crippen LogP contribution in [0.4, 0.5) is 0 Å². The summed E-state index contributed by atoms with van der Waals surface area (Å²) in [7, 11) is 0. The minimum atomic E-state index is -0.179. The number of amides is 1. The average molecular weight is 338 g/mol. The van der Waals surface area contributed by atoms with E-state index < -0.39 is 0 Å². The van der Waals surface area contributed by atoms with Crippen molar-refractivity contribution < 1.29 is 9.53 Å². The van der Waals surface area contributed by atoms with Gasteiger partial charge in [-0.3, -0.25) is 4.79 Å². The van der Waals surface area contributed by atoms with Crippen LogP contribution in [0, 0.1) is 6.92 Å². The van der Waals surface area contributed by atoms with Gasteiger partial charge in [-0.2, -0.15) is 0 Å². The van der Waals surface area contributed by atoms with Gasteiger partial charge in [0.05, 0.1) is 6.54 Å². The third-order valence-corrected chi connectivity index (χ3v) is 4.29. The number of carbonyl (C=O) groups excluding carboxylic acids is 1. The average Bonchev–Trinajstić information content (AvgIpc) is 3.10. The number of carbonyl (C=O) groups is 1. The van der Waals surface area contributed by atoms with Gasteiger partial charge in [0.25, 0.3) is 5.91 Å². The van der Waals surface area contributed by atoms with Crippen molar-refractivity contribution in [2.24, 2.45) is 0 Å². The van der Waals surface area contributed by atoms with Gasteiger partial charge >= 0.3 is 0 Å². The number of hydrogen-bond acceptors (Lipinski definition) is 4. The van der Waals surface area contributed by atoms with Gasteiger partial charge in [-0.15, -0.1) is 11.3 Å². The number of benzene rings is 2.